The molecule has 2 aromatic heterocycles. The van der Waals surface area contributed by atoms with E-state index in [4.69, 9.17) is 4.74 Å². The smallest absolute Gasteiger partial charge is 0.416 e. The van der Waals surface area contributed by atoms with Crippen molar-refractivity contribution in [2.24, 2.45) is 0 Å². The highest BCUT2D eigenvalue weighted by Crippen LogP contribution is 2.36. The van der Waals surface area contributed by atoms with Gasteiger partial charge in [-0.15, -0.1) is 0 Å². The van der Waals surface area contributed by atoms with Gasteiger partial charge >= 0.3 is 6.18 Å². The number of pyridine rings is 1. The first-order valence-corrected chi connectivity index (χ1v) is 8.77. The van der Waals surface area contributed by atoms with Crippen molar-refractivity contribution in [3.8, 4) is 33.8 Å². The van der Waals surface area contributed by atoms with Gasteiger partial charge in [0, 0.05) is 22.9 Å². The van der Waals surface area contributed by atoms with E-state index < -0.39 is 11.7 Å². The number of para-hydroxylation sites is 1. The third-order valence-electron chi connectivity index (χ3n) is 4.58. The van der Waals surface area contributed by atoms with Crippen LogP contribution in [0.1, 0.15) is 5.56 Å². The van der Waals surface area contributed by atoms with Crippen molar-refractivity contribution >= 4 is 0 Å². The topological polar surface area (TPSA) is 39.9 Å². The summed E-state index contributed by atoms with van der Waals surface area (Å²) in [5.74, 6) is 0.681. The predicted molar refractivity (Wildman–Crippen MR) is 104 cm³/mol. The monoisotopic (exact) mass is 395 g/mol. The van der Waals surface area contributed by atoms with Gasteiger partial charge in [-0.3, -0.25) is 9.55 Å². The van der Waals surface area contributed by atoms with E-state index in [-0.39, 0.29) is 0 Å². The maximum absolute atomic E-state index is 13.2. The predicted octanol–water partition coefficient (Wildman–Crippen LogP) is 5.63. The molecule has 0 aliphatic heterocycles. The Hall–Kier alpha value is -3.61. The van der Waals surface area contributed by atoms with Crippen LogP contribution in [-0.2, 0) is 6.18 Å². The van der Waals surface area contributed by atoms with Crippen molar-refractivity contribution in [1.82, 2.24) is 14.5 Å². The van der Waals surface area contributed by atoms with Gasteiger partial charge < -0.3 is 4.74 Å². The lowest BCUT2D eigenvalue weighted by molar-refractivity contribution is -0.137. The van der Waals surface area contributed by atoms with E-state index >= 15 is 0 Å². The van der Waals surface area contributed by atoms with Gasteiger partial charge in [-0.25, -0.2) is 4.98 Å². The Morgan fingerprint density at radius 1 is 0.897 bits per heavy atom. The van der Waals surface area contributed by atoms with Crippen LogP contribution in [0.4, 0.5) is 13.2 Å². The van der Waals surface area contributed by atoms with Crippen LogP contribution in [0, 0.1) is 0 Å². The average molecular weight is 395 g/mol. The van der Waals surface area contributed by atoms with Crippen molar-refractivity contribution < 1.29 is 17.9 Å². The number of aromatic nitrogens is 3. The molecule has 0 amide bonds. The van der Waals surface area contributed by atoms with E-state index in [2.05, 4.69) is 9.97 Å². The van der Waals surface area contributed by atoms with Crippen molar-refractivity contribution in [2.45, 2.75) is 6.18 Å². The largest absolute Gasteiger partial charge is 0.496 e. The van der Waals surface area contributed by atoms with Crippen LogP contribution in [0.5, 0.6) is 5.75 Å². The minimum absolute atomic E-state index is 0.409. The molecule has 0 N–H and O–H groups in total. The molecule has 0 fully saturated rings. The highest BCUT2D eigenvalue weighted by Gasteiger charge is 2.30. The maximum Gasteiger partial charge on any atom is 0.416 e. The lowest BCUT2D eigenvalue weighted by Gasteiger charge is -2.16. The molecule has 0 saturated carbocycles. The molecule has 4 rings (SSSR count). The van der Waals surface area contributed by atoms with Gasteiger partial charge in [-0.05, 0) is 24.3 Å². The van der Waals surface area contributed by atoms with Gasteiger partial charge in [0.25, 0.3) is 0 Å². The summed E-state index contributed by atoms with van der Waals surface area (Å²) in [5.41, 5.74) is 2.58. The van der Waals surface area contributed by atoms with Gasteiger partial charge in [0.05, 0.1) is 42.8 Å². The van der Waals surface area contributed by atoms with Crippen LogP contribution in [0.15, 0.2) is 79.5 Å². The quantitative estimate of drug-likeness (QED) is 0.450. The molecule has 0 saturated heterocycles. The number of halogens is 3. The lowest BCUT2D eigenvalue weighted by atomic mass is 10.0. The summed E-state index contributed by atoms with van der Waals surface area (Å²) >= 11 is 0. The first kappa shape index (κ1) is 18.7. The standard InChI is InChI=1S/C22H16F3N3O/c1-29-21-8-3-2-7-18(21)17-9-10-26-13-20(17)28-14-27-12-19(28)15-5-4-6-16(11-15)22(23,24)25/h2-14H,1H3. The summed E-state index contributed by atoms with van der Waals surface area (Å²) in [4.78, 5) is 8.37. The number of methoxy groups -OCH3 is 1. The van der Waals surface area contributed by atoms with Crippen LogP contribution in [0.2, 0.25) is 0 Å². The van der Waals surface area contributed by atoms with Gasteiger partial charge in [0.1, 0.15) is 5.75 Å². The first-order chi connectivity index (χ1) is 14.0. The SMILES string of the molecule is COc1ccccc1-c1ccncc1-n1cncc1-c1cccc(C(F)(F)F)c1. The molecule has 29 heavy (non-hydrogen) atoms. The zero-order chi connectivity index (χ0) is 20.4. The maximum atomic E-state index is 13.2. The fourth-order valence-electron chi connectivity index (χ4n) is 3.23. The molecule has 0 aliphatic rings. The Morgan fingerprint density at radius 3 is 2.52 bits per heavy atom. The number of imidazole rings is 1. The molecule has 2 heterocycles. The van der Waals surface area contributed by atoms with Crippen LogP contribution in [-0.4, -0.2) is 21.6 Å². The number of hydrogen-bond donors (Lipinski definition) is 0. The molecule has 4 aromatic rings. The highest BCUT2D eigenvalue weighted by molar-refractivity contribution is 5.78. The third kappa shape index (κ3) is 3.59. The van der Waals surface area contributed by atoms with Gasteiger partial charge in [-0.2, -0.15) is 13.2 Å². The fourth-order valence-corrected chi connectivity index (χ4v) is 3.23. The molecule has 4 nitrogen and oxygen atoms in total. The van der Waals surface area contributed by atoms with Crippen molar-refractivity contribution in [1.29, 1.82) is 0 Å². The van der Waals surface area contributed by atoms with Crippen LogP contribution >= 0.6 is 0 Å². The second-order valence-electron chi connectivity index (χ2n) is 6.32. The molecule has 0 spiro atoms. The molecule has 0 unspecified atom stereocenters. The number of nitrogens with zero attached hydrogens (tertiary/aromatic N) is 3. The van der Waals surface area contributed by atoms with Crippen LogP contribution in [0.3, 0.4) is 0 Å². The molecular formula is C22H16F3N3O. The van der Waals surface area contributed by atoms with E-state index in [0.29, 0.717) is 22.7 Å². The summed E-state index contributed by atoms with van der Waals surface area (Å²) in [5, 5.41) is 0. The lowest BCUT2D eigenvalue weighted by Crippen LogP contribution is -2.05. The fraction of sp³-hybridized carbons (Fsp3) is 0.0909. The Morgan fingerprint density at radius 2 is 1.72 bits per heavy atom. The number of alkyl halides is 3. The summed E-state index contributed by atoms with van der Waals surface area (Å²) < 4.78 is 46.7. The third-order valence-corrected chi connectivity index (χ3v) is 4.58. The second-order valence-corrected chi connectivity index (χ2v) is 6.32. The molecule has 146 valence electrons. The van der Waals surface area contributed by atoms with Gasteiger partial charge in [-0.1, -0.05) is 30.3 Å². The molecule has 0 bridgehead atoms. The van der Waals surface area contributed by atoms with Crippen LogP contribution in [0.25, 0.3) is 28.1 Å². The Bertz CT molecular complexity index is 1150. The molecule has 0 atom stereocenters. The van der Waals surface area contributed by atoms with Crippen molar-refractivity contribution in [2.75, 3.05) is 7.11 Å². The summed E-state index contributed by atoms with van der Waals surface area (Å²) in [6, 6.07) is 14.5. The average Bonchev–Trinajstić information content (AvgIpc) is 3.23. The molecule has 7 heteroatoms. The second kappa shape index (κ2) is 7.43. The number of rotatable bonds is 4. The Balaban J connectivity index is 1.87. The minimum Gasteiger partial charge on any atom is -0.496 e. The zero-order valence-corrected chi connectivity index (χ0v) is 15.4. The van der Waals surface area contributed by atoms with E-state index in [1.165, 1.54) is 12.3 Å². The number of ether oxygens (including phenoxy) is 1. The Kier molecular flexibility index (Phi) is 4.80. The van der Waals surface area contributed by atoms with Crippen molar-refractivity contribution in [3.05, 3.63) is 85.1 Å². The number of hydrogen-bond acceptors (Lipinski definition) is 3. The van der Waals surface area contributed by atoms with E-state index in [1.807, 2.05) is 30.3 Å². The zero-order valence-electron chi connectivity index (χ0n) is 15.4. The molecular weight excluding hydrogens is 379 g/mol. The molecule has 0 radical (unpaired) electrons. The van der Waals surface area contributed by atoms with E-state index in [1.54, 1.807) is 36.5 Å². The minimum atomic E-state index is -4.42. The summed E-state index contributed by atoms with van der Waals surface area (Å²) in [6.45, 7) is 0. The normalized spacial score (nSPS) is 11.4. The summed E-state index contributed by atoms with van der Waals surface area (Å²) in [6.07, 6.45) is 1.99. The highest BCUT2D eigenvalue weighted by atomic mass is 19.4. The van der Waals surface area contributed by atoms with Gasteiger partial charge in [0.2, 0.25) is 0 Å². The molecule has 2 aromatic carbocycles. The van der Waals surface area contributed by atoms with E-state index in [0.717, 1.165) is 23.3 Å². The first-order valence-electron chi connectivity index (χ1n) is 8.77. The summed E-state index contributed by atoms with van der Waals surface area (Å²) in [7, 11) is 1.59. The Labute approximate surface area is 165 Å². The van der Waals surface area contributed by atoms with E-state index in [9.17, 15) is 13.2 Å². The van der Waals surface area contributed by atoms with Crippen LogP contribution < -0.4 is 4.74 Å². The van der Waals surface area contributed by atoms with Crippen molar-refractivity contribution in [3.63, 3.8) is 0 Å². The number of benzene rings is 2. The molecule has 0 aliphatic carbocycles. The van der Waals surface area contributed by atoms with Gasteiger partial charge in [0.15, 0.2) is 0 Å².